The summed E-state index contributed by atoms with van der Waals surface area (Å²) in [6.45, 7) is 3.91. The lowest BCUT2D eigenvalue weighted by atomic mass is 10.3. The third-order valence-corrected chi connectivity index (χ3v) is 3.10. The van der Waals surface area contributed by atoms with Crippen LogP contribution in [0.3, 0.4) is 0 Å². The van der Waals surface area contributed by atoms with E-state index in [4.69, 9.17) is 27.9 Å². The van der Waals surface area contributed by atoms with Gasteiger partial charge >= 0.3 is 0 Å². The zero-order valence-corrected chi connectivity index (χ0v) is 13.4. The number of carbonyl (C=O) groups is 2. The van der Waals surface area contributed by atoms with Crippen LogP contribution in [-0.4, -0.2) is 31.0 Å². The number of nitrogens with one attached hydrogen (secondary N) is 2. The van der Waals surface area contributed by atoms with Crippen LogP contribution >= 0.6 is 23.2 Å². The second-order valence-corrected chi connectivity index (χ2v) is 5.29. The number of carbonyl (C=O) groups excluding carboxylic acids is 2. The Hall–Kier alpha value is -1.46. The fourth-order valence-corrected chi connectivity index (χ4v) is 1.95. The molecule has 0 unspecified atom stereocenters. The number of halogens is 2. The van der Waals surface area contributed by atoms with E-state index >= 15 is 0 Å². The molecule has 0 heterocycles. The van der Waals surface area contributed by atoms with Crippen LogP contribution in [0.5, 0.6) is 5.75 Å². The van der Waals surface area contributed by atoms with Gasteiger partial charge in [-0.3, -0.25) is 9.59 Å². The van der Waals surface area contributed by atoms with Crippen molar-refractivity contribution in [2.45, 2.75) is 26.3 Å². The van der Waals surface area contributed by atoms with Gasteiger partial charge in [-0.25, -0.2) is 0 Å². The first-order valence-corrected chi connectivity index (χ1v) is 7.34. The zero-order valence-electron chi connectivity index (χ0n) is 11.9. The zero-order chi connectivity index (χ0) is 15.8. The molecule has 0 bridgehead atoms. The molecule has 0 aliphatic heterocycles. The summed E-state index contributed by atoms with van der Waals surface area (Å²) >= 11 is 11.7. The van der Waals surface area contributed by atoms with Gasteiger partial charge in [-0.05, 0) is 31.5 Å². The van der Waals surface area contributed by atoms with E-state index in [-0.39, 0.29) is 12.5 Å². The molecule has 0 aliphatic carbocycles. The highest BCUT2D eigenvalue weighted by Gasteiger charge is 2.15. The largest absolute Gasteiger partial charge is 0.482 e. The van der Waals surface area contributed by atoms with Gasteiger partial charge in [-0.1, -0.05) is 30.1 Å². The van der Waals surface area contributed by atoms with E-state index in [1.54, 1.807) is 19.1 Å². The van der Waals surface area contributed by atoms with Crippen molar-refractivity contribution in [3.63, 3.8) is 0 Å². The molecule has 0 saturated heterocycles. The van der Waals surface area contributed by atoms with Crippen molar-refractivity contribution < 1.29 is 14.3 Å². The molecule has 7 heteroatoms. The summed E-state index contributed by atoms with van der Waals surface area (Å²) in [6, 6.07) is 4.10. The van der Waals surface area contributed by atoms with Gasteiger partial charge in [0, 0.05) is 11.6 Å². The lowest BCUT2D eigenvalue weighted by molar-refractivity contribution is -0.129. The van der Waals surface area contributed by atoms with E-state index in [2.05, 4.69) is 10.6 Å². The Bertz CT molecular complexity index is 509. The molecule has 0 fully saturated rings. The van der Waals surface area contributed by atoms with Crippen molar-refractivity contribution in [1.29, 1.82) is 0 Å². The summed E-state index contributed by atoms with van der Waals surface area (Å²) < 4.78 is 5.28. The predicted octanol–water partition coefficient (Wildman–Crippen LogP) is 2.40. The SMILES string of the molecule is CCCNC(=O)[C@@H](C)NC(=O)COc1ccc(Cl)cc1Cl. The van der Waals surface area contributed by atoms with E-state index in [9.17, 15) is 9.59 Å². The average Bonchev–Trinajstić information content (AvgIpc) is 2.43. The fourth-order valence-electron chi connectivity index (χ4n) is 1.49. The summed E-state index contributed by atoms with van der Waals surface area (Å²) in [6.07, 6.45) is 0.838. The van der Waals surface area contributed by atoms with Crippen LogP contribution in [-0.2, 0) is 9.59 Å². The smallest absolute Gasteiger partial charge is 0.258 e. The Balaban J connectivity index is 2.41. The van der Waals surface area contributed by atoms with E-state index < -0.39 is 11.9 Å². The third kappa shape index (κ3) is 6.23. The quantitative estimate of drug-likeness (QED) is 0.805. The van der Waals surface area contributed by atoms with Gasteiger partial charge < -0.3 is 15.4 Å². The molecule has 0 radical (unpaired) electrons. The maximum Gasteiger partial charge on any atom is 0.258 e. The van der Waals surface area contributed by atoms with Gasteiger partial charge in [0.15, 0.2) is 6.61 Å². The van der Waals surface area contributed by atoms with Crippen molar-refractivity contribution >= 4 is 35.0 Å². The molecule has 1 aromatic rings. The monoisotopic (exact) mass is 332 g/mol. The topological polar surface area (TPSA) is 67.4 Å². The van der Waals surface area contributed by atoms with Crippen LogP contribution < -0.4 is 15.4 Å². The van der Waals surface area contributed by atoms with Gasteiger partial charge in [-0.2, -0.15) is 0 Å². The van der Waals surface area contributed by atoms with Crippen LogP contribution in [0.15, 0.2) is 18.2 Å². The molecule has 5 nitrogen and oxygen atoms in total. The highest BCUT2D eigenvalue weighted by molar-refractivity contribution is 6.35. The minimum atomic E-state index is -0.617. The van der Waals surface area contributed by atoms with Crippen LogP contribution in [0, 0.1) is 0 Å². The summed E-state index contributed by atoms with van der Waals surface area (Å²) in [7, 11) is 0. The molecule has 1 rings (SSSR count). The molecule has 0 spiro atoms. The Morgan fingerprint density at radius 2 is 2.05 bits per heavy atom. The molecular formula is C14H18Cl2N2O3. The lowest BCUT2D eigenvalue weighted by Crippen LogP contribution is -2.46. The van der Waals surface area contributed by atoms with Crippen molar-refractivity contribution in [2.24, 2.45) is 0 Å². The number of hydrogen-bond acceptors (Lipinski definition) is 3. The average molecular weight is 333 g/mol. The lowest BCUT2D eigenvalue weighted by Gasteiger charge is -2.14. The van der Waals surface area contributed by atoms with Crippen molar-refractivity contribution in [2.75, 3.05) is 13.2 Å². The van der Waals surface area contributed by atoms with Crippen molar-refractivity contribution in [1.82, 2.24) is 10.6 Å². The molecule has 0 aliphatic rings. The van der Waals surface area contributed by atoms with Crippen LogP contribution in [0.4, 0.5) is 0 Å². The van der Waals surface area contributed by atoms with Crippen LogP contribution in [0.25, 0.3) is 0 Å². The Morgan fingerprint density at radius 1 is 1.33 bits per heavy atom. The molecule has 21 heavy (non-hydrogen) atoms. The molecule has 1 atom stereocenters. The van der Waals surface area contributed by atoms with E-state index in [1.807, 2.05) is 6.92 Å². The first kappa shape index (κ1) is 17.6. The minimum Gasteiger partial charge on any atom is -0.482 e. The van der Waals surface area contributed by atoms with Gasteiger partial charge in [0.2, 0.25) is 5.91 Å². The van der Waals surface area contributed by atoms with Gasteiger partial charge in [0.05, 0.1) is 5.02 Å². The fraction of sp³-hybridized carbons (Fsp3) is 0.429. The second-order valence-electron chi connectivity index (χ2n) is 4.44. The maximum absolute atomic E-state index is 11.7. The van der Waals surface area contributed by atoms with Gasteiger partial charge in [0.1, 0.15) is 11.8 Å². The minimum absolute atomic E-state index is 0.227. The second kappa shape index (κ2) is 8.74. The van der Waals surface area contributed by atoms with Gasteiger partial charge in [-0.15, -0.1) is 0 Å². The Morgan fingerprint density at radius 3 is 2.67 bits per heavy atom. The van der Waals surface area contributed by atoms with Crippen molar-refractivity contribution in [3.8, 4) is 5.75 Å². The molecule has 1 aromatic carbocycles. The van der Waals surface area contributed by atoms with Crippen LogP contribution in [0.2, 0.25) is 10.0 Å². The Kier molecular flexibility index (Phi) is 7.32. The van der Waals surface area contributed by atoms with E-state index in [1.165, 1.54) is 6.07 Å². The maximum atomic E-state index is 11.7. The molecular weight excluding hydrogens is 315 g/mol. The predicted molar refractivity (Wildman–Crippen MR) is 82.9 cm³/mol. The first-order chi connectivity index (χ1) is 9.93. The van der Waals surface area contributed by atoms with Gasteiger partial charge in [0.25, 0.3) is 5.91 Å². The number of rotatable bonds is 7. The van der Waals surface area contributed by atoms with E-state index in [0.29, 0.717) is 22.3 Å². The highest BCUT2D eigenvalue weighted by Crippen LogP contribution is 2.27. The molecule has 0 saturated carbocycles. The summed E-state index contributed by atoms with van der Waals surface area (Å²) in [5, 5.41) is 6.05. The van der Waals surface area contributed by atoms with Crippen LogP contribution in [0.1, 0.15) is 20.3 Å². The van der Waals surface area contributed by atoms with E-state index in [0.717, 1.165) is 6.42 Å². The number of amides is 2. The standard InChI is InChI=1S/C14H18Cl2N2O3/c1-3-6-17-14(20)9(2)18-13(19)8-21-12-5-4-10(15)7-11(12)16/h4-5,7,9H,3,6,8H2,1-2H3,(H,17,20)(H,18,19)/t9-/m1/s1. The normalized spacial score (nSPS) is 11.6. The number of ether oxygens (including phenoxy) is 1. The Labute approximate surface area is 133 Å². The molecule has 2 amide bonds. The number of hydrogen-bond donors (Lipinski definition) is 2. The molecule has 116 valence electrons. The highest BCUT2D eigenvalue weighted by atomic mass is 35.5. The van der Waals surface area contributed by atoms with Crippen molar-refractivity contribution in [3.05, 3.63) is 28.2 Å². The summed E-state index contributed by atoms with van der Waals surface area (Å²) in [4.78, 5) is 23.3. The summed E-state index contributed by atoms with van der Waals surface area (Å²) in [5.41, 5.74) is 0. The molecule has 2 N–H and O–H groups in total. The molecule has 0 aromatic heterocycles. The number of benzene rings is 1. The first-order valence-electron chi connectivity index (χ1n) is 6.59. The summed E-state index contributed by atoms with van der Waals surface area (Å²) in [5.74, 6) is -0.269. The third-order valence-electron chi connectivity index (χ3n) is 2.57.